The van der Waals surface area contributed by atoms with Crippen molar-refractivity contribution >= 4 is 5.69 Å². The van der Waals surface area contributed by atoms with E-state index in [0.717, 1.165) is 13.0 Å². The summed E-state index contributed by atoms with van der Waals surface area (Å²) in [6.45, 7) is 17.3. The summed E-state index contributed by atoms with van der Waals surface area (Å²) in [6, 6.07) is 17.1. The lowest BCUT2D eigenvalue weighted by Gasteiger charge is -2.39. The molecule has 3 aliphatic carbocycles. The van der Waals surface area contributed by atoms with E-state index >= 15 is 0 Å². The van der Waals surface area contributed by atoms with Gasteiger partial charge in [-0.15, -0.1) is 0 Å². The van der Waals surface area contributed by atoms with Crippen LogP contribution in [0.3, 0.4) is 0 Å². The highest BCUT2D eigenvalue weighted by atomic mass is 15.3. The van der Waals surface area contributed by atoms with Gasteiger partial charge in [-0.3, -0.25) is 4.68 Å². The summed E-state index contributed by atoms with van der Waals surface area (Å²) in [5.74, 6) is 2.65. The first-order valence-corrected chi connectivity index (χ1v) is 18.3. The van der Waals surface area contributed by atoms with E-state index in [0.29, 0.717) is 29.7 Å². The molecular weight excluding hydrogens is 546 g/mol. The molecule has 2 aromatic carbocycles. The van der Waals surface area contributed by atoms with Crippen molar-refractivity contribution in [2.24, 2.45) is 17.8 Å². The standard InChI is InChI=1S/C42H57N3/c1-6-8-10-30(3)35-18-20-36(21-19-35)32(5)44(42-12-9-11-38(26-42)40-27-43-45(29-40)41-23-24-41)28-33-13-15-37(16-14-33)39-22-17-34(7-2)31(4)25-39/h9,11-12,17,22,25-27,29,33,35-37,41H,3,5-8,10,13-16,18-21,23-24,28H2,1-2,4H3. The van der Waals surface area contributed by atoms with Crippen LogP contribution in [0.4, 0.5) is 5.69 Å². The molecule has 0 radical (unpaired) electrons. The average Bonchev–Trinajstić information content (AvgIpc) is 3.81. The highest BCUT2D eigenvalue weighted by Crippen LogP contribution is 2.42. The molecule has 1 heterocycles. The lowest BCUT2D eigenvalue weighted by molar-refractivity contribution is 0.308. The minimum Gasteiger partial charge on any atom is -0.345 e. The van der Waals surface area contributed by atoms with Gasteiger partial charge in [-0.1, -0.05) is 69.3 Å². The number of hydrogen-bond donors (Lipinski definition) is 0. The number of hydrogen-bond acceptors (Lipinski definition) is 2. The minimum atomic E-state index is 0.554. The molecule has 3 aliphatic rings. The van der Waals surface area contributed by atoms with Crippen LogP contribution in [0.1, 0.15) is 126 Å². The number of rotatable bonds is 13. The Morgan fingerprint density at radius 1 is 0.867 bits per heavy atom. The quantitative estimate of drug-likeness (QED) is 0.181. The molecule has 0 saturated heterocycles. The second-order valence-electron chi connectivity index (χ2n) is 14.7. The SMILES string of the molecule is C=C(CCCC)C1CCC(C(=C)N(CC2CCC(c3ccc(CC)c(C)c3)CC2)c2cccc(-c3cnn(C4CC4)c3)c2)CC1. The zero-order chi connectivity index (χ0) is 31.3. The molecule has 0 aliphatic heterocycles. The molecule has 0 unspecified atom stereocenters. The number of unbranched alkanes of at least 4 members (excludes halogenated alkanes) is 1. The molecule has 0 N–H and O–H groups in total. The molecule has 0 spiro atoms. The van der Waals surface area contributed by atoms with E-state index in [4.69, 9.17) is 11.7 Å². The first-order chi connectivity index (χ1) is 21.9. The molecule has 6 rings (SSSR count). The van der Waals surface area contributed by atoms with E-state index in [9.17, 15) is 0 Å². The molecule has 3 nitrogen and oxygen atoms in total. The third kappa shape index (κ3) is 7.67. The van der Waals surface area contributed by atoms with E-state index in [2.05, 4.69) is 91.8 Å². The van der Waals surface area contributed by atoms with Crippen LogP contribution in [0.5, 0.6) is 0 Å². The lowest BCUT2D eigenvalue weighted by atomic mass is 9.76. The third-order valence-corrected chi connectivity index (χ3v) is 11.5. The molecule has 0 amide bonds. The highest BCUT2D eigenvalue weighted by Gasteiger charge is 2.30. The molecule has 45 heavy (non-hydrogen) atoms. The van der Waals surface area contributed by atoms with Gasteiger partial charge in [-0.05, 0) is 148 Å². The Morgan fingerprint density at radius 2 is 1.62 bits per heavy atom. The predicted molar refractivity (Wildman–Crippen MR) is 192 cm³/mol. The maximum absolute atomic E-state index is 4.85. The molecular formula is C42H57N3. The fraction of sp³-hybridized carbons (Fsp3) is 0.548. The fourth-order valence-electron chi connectivity index (χ4n) is 8.24. The maximum Gasteiger partial charge on any atom is 0.0568 e. The number of nitrogens with zero attached hydrogens (tertiary/aromatic N) is 3. The van der Waals surface area contributed by atoms with Gasteiger partial charge >= 0.3 is 0 Å². The van der Waals surface area contributed by atoms with Gasteiger partial charge in [-0.2, -0.15) is 5.10 Å². The van der Waals surface area contributed by atoms with Crippen LogP contribution in [-0.2, 0) is 6.42 Å². The number of allylic oxidation sites excluding steroid dienone is 2. The van der Waals surface area contributed by atoms with Gasteiger partial charge in [-0.25, -0.2) is 0 Å². The first-order valence-electron chi connectivity index (χ1n) is 18.3. The second-order valence-corrected chi connectivity index (χ2v) is 14.7. The topological polar surface area (TPSA) is 21.1 Å². The van der Waals surface area contributed by atoms with Gasteiger partial charge < -0.3 is 4.90 Å². The summed E-state index contributed by atoms with van der Waals surface area (Å²) >= 11 is 0. The van der Waals surface area contributed by atoms with Gasteiger partial charge in [0.05, 0.1) is 12.2 Å². The van der Waals surface area contributed by atoms with Crippen LogP contribution >= 0.6 is 0 Å². The summed E-state index contributed by atoms with van der Waals surface area (Å²) in [4.78, 5) is 2.64. The third-order valence-electron chi connectivity index (χ3n) is 11.5. The van der Waals surface area contributed by atoms with Crippen LogP contribution in [0.2, 0.25) is 0 Å². The van der Waals surface area contributed by atoms with E-state index in [-0.39, 0.29) is 0 Å². The van der Waals surface area contributed by atoms with Crippen molar-refractivity contribution in [3.63, 3.8) is 0 Å². The van der Waals surface area contributed by atoms with Crippen molar-refractivity contribution in [2.45, 2.75) is 123 Å². The van der Waals surface area contributed by atoms with Crippen LogP contribution in [0.15, 0.2) is 79.3 Å². The van der Waals surface area contributed by atoms with Crippen molar-refractivity contribution in [3.05, 3.63) is 96.0 Å². The maximum atomic E-state index is 4.85. The highest BCUT2D eigenvalue weighted by molar-refractivity contribution is 5.68. The number of aromatic nitrogens is 2. The van der Waals surface area contributed by atoms with Gasteiger partial charge in [0, 0.05) is 29.7 Å². The van der Waals surface area contributed by atoms with Crippen LogP contribution < -0.4 is 4.90 Å². The normalized spacial score (nSPS) is 23.5. The smallest absolute Gasteiger partial charge is 0.0568 e. The van der Waals surface area contributed by atoms with Gasteiger partial charge in [0.15, 0.2) is 0 Å². The summed E-state index contributed by atoms with van der Waals surface area (Å²) in [5.41, 5.74) is 11.1. The minimum absolute atomic E-state index is 0.554. The summed E-state index contributed by atoms with van der Waals surface area (Å²) in [7, 11) is 0. The number of aryl methyl sites for hydroxylation is 2. The fourth-order valence-corrected chi connectivity index (χ4v) is 8.24. The number of anilines is 1. The Kier molecular flexibility index (Phi) is 10.3. The van der Waals surface area contributed by atoms with Gasteiger partial charge in [0.1, 0.15) is 0 Å². The Morgan fingerprint density at radius 3 is 2.31 bits per heavy atom. The molecule has 3 aromatic rings. The summed E-state index contributed by atoms with van der Waals surface area (Å²) in [5, 5.41) is 4.70. The Bertz CT molecular complexity index is 1440. The van der Waals surface area contributed by atoms with E-state index in [1.807, 2.05) is 0 Å². The van der Waals surface area contributed by atoms with Crippen molar-refractivity contribution in [1.29, 1.82) is 0 Å². The van der Waals surface area contributed by atoms with Crippen molar-refractivity contribution in [2.75, 3.05) is 11.4 Å². The molecule has 1 aromatic heterocycles. The summed E-state index contributed by atoms with van der Waals surface area (Å²) < 4.78 is 2.17. The van der Waals surface area contributed by atoms with Crippen molar-refractivity contribution < 1.29 is 0 Å². The Labute approximate surface area is 273 Å². The van der Waals surface area contributed by atoms with Gasteiger partial charge in [0.2, 0.25) is 0 Å². The lowest BCUT2D eigenvalue weighted by Crippen LogP contribution is -2.34. The molecule has 0 bridgehead atoms. The van der Waals surface area contributed by atoms with Crippen LogP contribution in [0.25, 0.3) is 11.1 Å². The molecule has 240 valence electrons. The number of benzene rings is 2. The molecule has 3 saturated carbocycles. The zero-order valence-electron chi connectivity index (χ0n) is 28.4. The zero-order valence-corrected chi connectivity index (χ0v) is 28.4. The van der Waals surface area contributed by atoms with Crippen LogP contribution in [-0.4, -0.2) is 16.3 Å². The molecule has 0 atom stereocenters. The van der Waals surface area contributed by atoms with Crippen molar-refractivity contribution in [3.8, 4) is 11.1 Å². The van der Waals surface area contributed by atoms with E-state index in [1.165, 1.54) is 123 Å². The monoisotopic (exact) mass is 603 g/mol. The van der Waals surface area contributed by atoms with Crippen LogP contribution in [0, 0.1) is 24.7 Å². The van der Waals surface area contributed by atoms with Gasteiger partial charge in [0.25, 0.3) is 0 Å². The van der Waals surface area contributed by atoms with E-state index in [1.54, 1.807) is 5.56 Å². The van der Waals surface area contributed by atoms with E-state index < -0.39 is 0 Å². The largest absolute Gasteiger partial charge is 0.345 e. The first kappa shape index (κ1) is 31.9. The molecule has 3 fully saturated rings. The summed E-state index contributed by atoms with van der Waals surface area (Å²) in [6.07, 6.45) is 21.9. The second kappa shape index (κ2) is 14.6. The predicted octanol–water partition coefficient (Wildman–Crippen LogP) is 11.6. The van der Waals surface area contributed by atoms with Crippen molar-refractivity contribution in [1.82, 2.24) is 9.78 Å². The Hall–Kier alpha value is -3.07. The average molecular weight is 604 g/mol. The Balaban J connectivity index is 1.17. The molecule has 3 heteroatoms.